The van der Waals surface area contributed by atoms with Crippen molar-refractivity contribution in [2.24, 2.45) is 11.7 Å². The van der Waals surface area contributed by atoms with E-state index in [1.165, 1.54) is 0 Å². The zero-order valence-electron chi connectivity index (χ0n) is 11.1. The van der Waals surface area contributed by atoms with Crippen molar-refractivity contribution in [3.63, 3.8) is 0 Å². The molecule has 0 aliphatic carbocycles. The zero-order chi connectivity index (χ0) is 14.0. The molecule has 1 aromatic carbocycles. The van der Waals surface area contributed by atoms with Gasteiger partial charge in [-0.25, -0.2) is 0 Å². The Bertz CT molecular complexity index is 487. The minimum absolute atomic E-state index is 0.0461. The standard InChI is InChI=1S/C14H18N2O2S/c1-9-7-11(8-18-9)14(17)16(2)12-5-3-10(4-6-12)13(15)19/h3-6,9,11H,7-8H2,1-2H3,(H2,15,19). The summed E-state index contributed by atoms with van der Waals surface area (Å²) in [6, 6.07) is 7.36. The molecule has 1 saturated heterocycles. The second-order valence-electron chi connectivity index (χ2n) is 4.88. The quantitative estimate of drug-likeness (QED) is 0.855. The van der Waals surface area contributed by atoms with Gasteiger partial charge < -0.3 is 15.4 Å². The molecule has 1 amide bonds. The van der Waals surface area contributed by atoms with Crippen LogP contribution < -0.4 is 10.6 Å². The largest absolute Gasteiger partial charge is 0.389 e. The van der Waals surface area contributed by atoms with E-state index in [4.69, 9.17) is 22.7 Å². The van der Waals surface area contributed by atoms with Gasteiger partial charge in [-0.2, -0.15) is 0 Å². The molecule has 19 heavy (non-hydrogen) atoms. The van der Waals surface area contributed by atoms with Gasteiger partial charge >= 0.3 is 0 Å². The summed E-state index contributed by atoms with van der Waals surface area (Å²) < 4.78 is 5.44. The Labute approximate surface area is 118 Å². The third-order valence-corrected chi connectivity index (χ3v) is 3.65. The van der Waals surface area contributed by atoms with Crippen LogP contribution in [-0.4, -0.2) is 30.7 Å². The molecule has 1 heterocycles. The van der Waals surface area contributed by atoms with Crippen molar-refractivity contribution in [2.45, 2.75) is 19.4 Å². The number of ether oxygens (including phenoxy) is 1. The van der Waals surface area contributed by atoms with E-state index in [-0.39, 0.29) is 17.9 Å². The van der Waals surface area contributed by atoms with Crippen molar-refractivity contribution in [3.05, 3.63) is 29.8 Å². The van der Waals surface area contributed by atoms with Crippen LogP contribution in [0.1, 0.15) is 18.9 Å². The Morgan fingerprint density at radius 3 is 2.53 bits per heavy atom. The fourth-order valence-corrected chi connectivity index (χ4v) is 2.38. The summed E-state index contributed by atoms with van der Waals surface area (Å²) in [7, 11) is 1.78. The highest BCUT2D eigenvalue weighted by Gasteiger charge is 2.30. The molecular formula is C14H18N2O2S. The molecule has 1 aliphatic rings. The Hall–Kier alpha value is -1.46. The summed E-state index contributed by atoms with van der Waals surface area (Å²) in [5.74, 6) is 0.0442. The second kappa shape index (κ2) is 5.67. The molecule has 0 radical (unpaired) electrons. The van der Waals surface area contributed by atoms with Crippen LogP contribution in [0.5, 0.6) is 0 Å². The van der Waals surface area contributed by atoms with Crippen LogP contribution in [0.3, 0.4) is 0 Å². The van der Waals surface area contributed by atoms with Crippen molar-refractivity contribution < 1.29 is 9.53 Å². The highest BCUT2D eigenvalue weighted by atomic mass is 32.1. The lowest BCUT2D eigenvalue weighted by atomic mass is 10.0. The molecule has 1 fully saturated rings. The predicted molar refractivity (Wildman–Crippen MR) is 79.3 cm³/mol. The number of amides is 1. The molecule has 2 atom stereocenters. The summed E-state index contributed by atoms with van der Waals surface area (Å²) in [6.07, 6.45) is 0.952. The molecule has 2 unspecified atom stereocenters. The van der Waals surface area contributed by atoms with E-state index >= 15 is 0 Å². The highest BCUT2D eigenvalue weighted by molar-refractivity contribution is 7.80. The number of hydrogen-bond acceptors (Lipinski definition) is 3. The van der Waals surface area contributed by atoms with Crippen molar-refractivity contribution in [3.8, 4) is 0 Å². The van der Waals surface area contributed by atoms with Crippen molar-refractivity contribution in [2.75, 3.05) is 18.6 Å². The van der Waals surface area contributed by atoms with E-state index in [2.05, 4.69) is 0 Å². The minimum Gasteiger partial charge on any atom is -0.389 e. The van der Waals surface area contributed by atoms with Crippen LogP contribution in [0.15, 0.2) is 24.3 Å². The number of thiocarbonyl (C=S) groups is 1. The average Bonchev–Trinajstić information content (AvgIpc) is 2.84. The number of nitrogens with two attached hydrogens (primary N) is 1. The number of carbonyl (C=O) groups is 1. The monoisotopic (exact) mass is 278 g/mol. The zero-order valence-corrected chi connectivity index (χ0v) is 11.9. The molecule has 0 spiro atoms. The maximum absolute atomic E-state index is 12.3. The van der Waals surface area contributed by atoms with Gasteiger partial charge in [0.05, 0.1) is 18.6 Å². The van der Waals surface area contributed by atoms with Crippen molar-refractivity contribution in [1.82, 2.24) is 0 Å². The fourth-order valence-electron chi connectivity index (χ4n) is 2.24. The third-order valence-electron chi connectivity index (χ3n) is 3.42. The lowest BCUT2D eigenvalue weighted by molar-refractivity contribution is -0.122. The molecule has 1 aliphatic heterocycles. The number of hydrogen-bond donors (Lipinski definition) is 1. The first-order chi connectivity index (χ1) is 8.99. The minimum atomic E-state index is -0.0461. The van der Waals surface area contributed by atoms with Gasteiger partial charge in [0.1, 0.15) is 4.99 Å². The molecule has 2 rings (SSSR count). The van der Waals surface area contributed by atoms with E-state index < -0.39 is 0 Å². The molecule has 4 nitrogen and oxygen atoms in total. The molecule has 2 N–H and O–H groups in total. The highest BCUT2D eigenvalue weighted by Crippen LogP contribution is 2.23. The lowest BCUT2D eigenvalue weighted by Gasteiger charge is -2.20. The molecule has 0 saturated carbocycles. The molecule has 0 aromatic heterocycles. The molecule has 102 valence electrons. The van der Waals surface area contributed by atoms with E-state index in [1.807, 2.05) is 31.2 Å². The van der Waals surface area contributed by atoms with Gasteiger partial charge in [0.2, 0.25) is 5.91 Å². The van der Waals surface area contributed by atoms with Gasteiger partial charge in [-0.3, -0.25) is 4.79 Å². The van der Waals surface area contributed by atoms with Crippen LogP contribution in [-0.2, 0) is 9.53 Å². The summed E-state index contributed by atoms with van der Waals surface area (Å²) in [5.41, 5.74) is 7.19. The maximum Gasteiger partial charge on any atom is 0.232 e. The van der Waals surface area contributed by atoms with Crippen molar-refractivity contribution in [1.29, 1.82) is 0 Å². The van der Waals surface area contributed by atoms with Gasteiger partial charge in [0.25, 0.3) is 0 Å². The Morgan fingerprint density at radius 1 is 1.42 bits per heavy atom. The van der Waals surface area contributed by atoms with Gasteiger partial charge in [-0.15, -0.1) is 0 Å². The van der Waals surface area contributed by atoms with Crippen LogP contribution in [0.25, 0.3) is 0 Å². The van der Waals surface area contributed by atoms with Crippen LogP contribution in [0.2, 0.25) is 0 Å². The first-order valence-corrected chi connectivity index (χ1v) is 6.69. The van der Waals surface area contributed by atoms with Crippen molar-refractivity contribution >= 4 is 28.8 Å². The van der Waals surface area contributed by atoms with E-state index in [1.54, 1.807) is 11.9 Å². The number of anilines is 1. The smallest absolute Gasteiger partial charge is 0.232 e. The summed E-state index contributed by atoms with van der Waals surface area (Å²) in [5, 5.41) is 0. The lowest BCUT2D eigenvalue weighted by Crippen LogP contribution is -2.33. The fraction of sp³-hybridized carbons (Fsp3) is 0.429. The predicted octanol–water partition coefficient (Wildman–Crippen LogP) is 1.71. The SMILES string of the molecule is CC1CC(C(=O)N(C)c2ccc(C(N)=S)cc2)CO1. The van der Waals surface area contributed by atoms with Gasteiger partial charge in [-0.05, 0) is 37.6 Å². The number of nitrogens with zero attached hydrogens (tertiary/aromatic N) is 1. The van der Waals surface area contributed by atoms with Crippen LogP contribution >= 0.6 is 12.2 Å². The normalized spacial score (nSPS) is 22.2. The average molecular weight is 278 g/mol. The summed E-state index contributed by atoms with van der Waals surface area (Å²) in [4.78, 5) is 14.3. The summed E-state index contributed by atoms with van der Waals surface area (Å²) in [6.45, 7) is 2.50. The van der Waals surface area contributed by atoms with E-state index in [0.717, 1.165) is 17.7 Å². The Morgan fingerprint density at radius 2 is 2.05 bits per heavy atom. The van der Waals surface area contributed by atoms with Gasteiger partial charge in [-0.1, -0.05) is 12.2 Å². The third kappa shape index (κ3) is 3.11. The van der Waals surface area contributed by atoms with Crippen LogP contribution in [0.4, 0.5) is 5.69 Å². The summed E-state index contributed by atoms with van der Waals surface area (Å²) >= 11 is 4.90. The number of rotatable bonds is 3. The molecule has 5 heteroatoms. The Kier molecular flexibility index (Phi) is 4.17. The molecular weight excluding hydrogens is 260 g/mol. The first-order valence-electron chi connectivity index (χ1n) is 6.28. The molecule has 1 aromatic rings. The van der Waals surface area contributed by atoms with E-state index in [0.29, 0.717) is 11.6 Å². The second-order valence-corrected chi connectivity index (χ2v) is 5.32. The topological polar surface area (TPSA) is 55.6 Å². The van der Waals surface area contributed by atoms with Crippen LogP contribution in [0, 0.1) is 5.92 Å². The first kappa shape index (κ1) is 14.0. The number of benzene rings is 1. The Balaban J connectivity index is 2.08. The van der Waals surface area contributed by atoms with Gasteiger partial charge in [0.15, 0.2) is 0 Å². The number of carbonyl (C=O) groups excluding carboxylic acids is 1. The van der Waals surface area contributed by atoms with Gasteiger partial charge in [0, 0.05) is 18.3 Å². The maximum atomic E-state index is 12.3. The van der Waals surface area contributed by atoms with E-state index in [9.17, 15) is 4.79 Å². The molecule has 0 bridgehead atoms.